The molecule has 2 heteroatoms. The molecule has 4 aliphatic rings. The summed E-state index contributed by atoms with van der Waals surface area (Å²) in [7, 11) is 0. The van der Waals surface area contributed by atoms with Crippen LogP contribution in [-0.2, 0) is 12.8 Å². The van der Waals surface area contributed by atoms with Crippen molar-refractivity contribution in [3.8, 4) is 0 Å². The van der Waals surface area contributed by atoms with Gasteiger partial charge < -0.3 is 10.6 Å². The first kappa shape index (κ1) is 24.1. The molecule has 2 N–H and O–H groups in total. The number of aryl methyl sites for hydroxylation is 2. The molecule has 4 bridgehead atoms. The zero-order chi connectivity index (χ0) is 23.1. The summed E-state index contributed by atoms with van der Waals surface area (Å²) in [6.07, 6.45) is 16.6. The predicted molar refractivity (Wildman–Crippen MR) is 144 cm³/mol. The van der Waals surface area contributed by atoms with E-state index in [9.17, 15) is 0 Å². The van der Waals surface area contributed by atoms with Crippen LogP contribution in [-0.4, -0.2) is 26.2 Å². The fraction of sp³-hybridized carbons (Fsp3) is 0.625. The highest BCUT2D eigenvalue weighted by molar-refractivity contribution is 5.15. The molecule has 4 fully saturated rings. The molecule has 0 aliphatic heterocycles. The second-order valence-corrected chi connectivity index (χ2v) is 12.2. The van der Waals surface area contributed by atoms with Crippen molar-refractivity contribution in [3.63, 3.8) is 0 Å². The minimum absolute atomic E-state index is 0.596. The third-order valence-corrected chi connectivity index (χ3v) is 9.13. The van der Waals surface area contributed by atoms with Crippen LogP contribution in [0.15, 0.2) is 60.7 Å². The van der Waals surface area contributed by atoms with Crippen LogP contribution in [0.5, 0.6) is 0 Å². The van der Waals surface area contributed by atoms with Gasteiger partial charge in [-0.25, -0.2) is 0 Å². The van der Waals surface area contributed by atoms with Gasteiger partial charge >= 0.3 is 0 Å². The van der Waals surface area contributed by atoms with E-state index in [4.69, 9.17) is 0 Å². The lowest BCUT2D eigenvalue weighted by molar-refractivity contribution is -0.107. The number of unbranched alkanes of at least 4 members (excludes halogenated alkanes) is 2. The van der Waals surface area contributed by atoms with Crippen LogP contribution in [0.25, 0.3) is 0 Å². The van der Waals surface area contributed by atoms with Gasteiger partial charge in [0.2, 0.25) is 0 Å². The van der Waals surface area contributed by atoms with Crippen molar-refractivity contribution in [2.75, 3.05) is 26.2 Å². The Hall–Kier alpha value is -1.64. The van der Waals surface area contributed by atoms with E-state index in [0.29, 0.717) is 10.8 Å². The lowest BCUT2D eigenvalue weighted by Crippen LogP contribution is -2.57. The molecule has 0 atom stereocenters. The average Bonchev–Trinajstić information content (AvgIpc) is 2.84. The first-order valence-corrected chi connectivity index (χ1v) is 14.2. The maximum atomic E-state index is 3.93. The van der Waals surface area contributed by atoms with Crippen LogP contribution in [0.3, 0.4) is 0 Å². The van der Waals surface area contributed by atoms with Crippen molar-refractivity contribution in [2.24, 2.45) is 22.7 Å². The van der Waals surface area contributed by atoms with Gasteiger partial charge in [-0.1, -0.05) is 60.7 Å². The molecule has 0 heterocycles. The third kappa shape index (κ3) is 6.32. The Kier molecular flexibility index (Phi) is 8.07. The van der Waals surface area contributed by atoms with Gasteiger partial charge in [0.15, 0.2) is 0 Å². The first-order valence-electron chi connectivity index (χ1n) is 14.2. The van der Waals surface area contributed by atoms with E-state index >= 15 is 0 Å². The predicted octanol–water partition coefficient (Wildman–Crippen LogP) is 6.80. The average molecular weight is 459 g/mol. The molecule has 184 valence electrons. The molecule has 2 aromatic carbocycles. The van der Waals surface area contributed by atoms with Crippen LogP contribution >= 0.6 is 0 Å². The maximum Gasteiger partial charge on any atom is 0.000822 e. The summed E-state index contributed by atoms with van der Waals surface area (Å²) in [6.45, 7) is 4.92. The highest BCUT2D eigenvalue weighted by Gasteiger charge is 2.56. The Morgan fingerprint density at radius 1 is 0.588 bits per heavy atom. The minimum Gasteiger partial charge on any atom is -0.316 e. The number of hydrogen-bond acceptors (Lipinski definition) is 2. The molecule has 2 aromatic rings. The van der Waals surface area contributed by atoms with Crippen molar-refractivity contribution in [3.05, 3.63) is 71.8 Å². The molecule has 6 rings (SSSR count). The molecule has 4 aliphatic carbocycles. The number of benzene rings is 2. The van der Waals surface area contributed by atoms with Crippen molar-refractivity contribution < 1.29 is 0 Å². The van der Waals surface area contributed by atoms with E-state index < -0.39 is 0 Å². The SMILES string of the molecule is c1ccc(CCCCNCC23CC4CC(C2)CC(CNCCCCc2ccccc2)(C4)C3)cc1. The van der Waals surface area contributed by atoms with Gasteiger partial charge in [0.25, 0.3) is 0 Å². The van der Waals surface area contributed by atoms with Crippen LogP contribution in [0.2, 0.25) is 0 Å². The summed E-state index contributed by atoms with van der Waals surface area (Å²) in [5.41, 5.74) is 4.16. The number of nitrogens with one attached hydrogen (secondary N) is 2. The molecule has 4 saturated carbocycles. The summed E-state index contributed by atoms with van der Waals surface area (Å²) >= 11 is 0. The fourth-order valence-corrected chi connectivity index (χ4v) is 8.22. The number of hydrogen-bond donors (Lipinski definition) is 2. The van der Waals surface area contributed by atoms with Crippen LogP contribution in [0, 0.1) is 22.7 Å². The van der Waals surface area contributed by atoms with Gasteiger partial charge in [-0.2, -0.15) is 0 Å². The standard InChI is InChI=1S/C32H46N2/c1-3-11-27(12-4-1)15-7-9-17-33-25-31-20-29-19-30(21-31)23-32(22-29,24-31)26-34-18-10-8-16-28-13-5-2-6-14-28/h1-6,11-14,29-30,33-34H,7-10,15-26H2. The summed E-state index contributed by atoms with van der Waals surface area (Å²) in [5.74, 6) is 2.00. The normalized spacial score (nSPS) is 29.5. The maximum absolute atomic E-state index is 3.93. The van der Waals surface area contributed by atoms with Gasteiger partial charge in [-0.15, -0.1) is 0 Å². The summed E-state index contributed by atoms with van der Waals surface area (Å²) in [4.78, 5) is 0. The van der Waals surface area contributed by atoms with Gasteiger partial charge in [-0.05, 0) is 124 Å². The molecule has 0 amide bonds. The molecular weight excluding hydrogens is 412 g/mol. The Bertz CT molecular complexity index is 778. The zero-order valence-electron chi connectivity index (χ0n) is 21.2. The van der Waals surface area contributed by atoms with Gasteiger partial charge in [-0.3, -0.25) is 0 Å². The van der Waals surface area contributed by atoms with Crippen LogP contribution < -0.4 is 10.6 Å². The van der Waals surface area contributed by atoms with Gasteiger partial charge in [0.1, 0.15) is 0 Å². The van der Waals surface area contributed by atoms with E-state index in [0.717, 1.165) is 11.8 Å². The second-order valence-electron chi connectivity index (χ2n) is 12.2. The molecule has 34 heavy (non-hydrogen) atoms. The van der Waals surface area contributed by atoms with Crippen LogP contribution in [0.4, 0.5) is 0 Å². The highest BCUT2D eigenvalue weighted by atomic mass is 14.9. The van der Waals surface area contributed by atoms with Crippen molar-refractivity contribution in [2.45, 2.75) is 77.0 Å². The smallest absolute Gasteiger partial charge is 0.000822 e. The van der Waals surface area contributed by atoms with Crippen molar-refractivity contribution in [1.82, 2.24) is 10.6 Å². The molecule has 0 aromatic heterocycles. The van der Waals surface area contributed by atoms with E-state index in [1.165, 1.54) is 114 Å². The molecular formula is C32H46N2. The molecule has 0 radical (unpaired) electrons. The third-order valence-electron chi connectivity index (χ3n) is 9.13. The monoisotopic (exact) mass is 458 g/mol. The van der Waals surface area contributed by atoms with E-state index in [1.54, 1.807) is 0 Å². The fourth-order valence-electron chi connectivity index (χ4n) is 8.22. The van der Waals surface area contributed by atoms with Crippen molar-refractivity contribution >= 4 is 0 Å². The Labute approximate surface area is 208 Å². The van der Waals surface area contributed by atoms with E-state index in [-0.39, 0.29) is 0 Å². The Morgan fingerprint density at radius 2 is 1.03 bits per heavy atom. The highest BCUT2D eigenvalue weighted by Crippen LogP contribution is 2.64. The zero-order valence-corrected chi connectivity index (χ0v) is 21.2. The molecule has 0 spiro atoms. The summed E-state index contributed by atoms with van der Waals surface area (Å²) in [6, 6.07) is 21.9. The second kappa shape index (κ2) is 11.4. The topological polar surface area (TPSA) is 24.1 Å². The first-order chi connectivity index (χ1) is 16.7. The Morgan fingerprint density at radius 3 is 1.47 bits per heavy atom. The minimum atomic E-state index is 0.596. The van der Waals surface area contributed by atoms with E-state index in [2.05, 4.69) is 71.3 Å². The van der Waals surface area contributed by atoms with Gasteiger partial charge in [0.05, 0.1) is 0 Å². The lowest BCUT2D eigenvalue weighted by atomic mass is 9.44. The largest absolute Gasteiger partial charge is 0.316 e. The lowest BCUT2D eigenvalue weighted by Gasteiger charge is -2.62. The molecule has 2 nitrogen and oxygen atoms in total. The molecule has 0 unspecified atom stereocenters. The summed E-state index contributed by atoms with van der Waals surface area (Å²) < 4.78 is 0. The van der Waals surface area contributed by atoms with Gasteiger partial charge in [0, 0.05) is 13.1 Å². The quantitative estimate of drug-likeness (QED) is 0.304. The Balaban J connectivity index is 1.02. The summed E-state index contributed by atoms with van der Waals surface area (Å²) in [5, 5.41) is 7.85. The van der Waals surface area contributed by atoms with Crippen LogP contribution in [0.1, 0.15) is 75.3 Å². The molecule has 0 saturated heterocycles. The van der Waals surface area contributed by atoms with Crippen molar-refractivity contribution in [1.29, 1.82) is 0 Å². The number of rotatable bonds is 14. The van der Waals surface area contributed by atoms with E-state index in [1.807, 2.05) is 0 Å².